The van der Waals surface area contributed by atoms with Gasteiger partial charge < -0.3 is 8.85 Å². The third kappa shape index (κ3) is 9.87. The maximum absolute atomic E-state index is 4.82. The molecule has 2 nitrogen and oxygen atoms in total. The summed E-state index contributed by atoms with van der Waals surface area (Å²) in [4.78, 5) is 0. The molecule has 0 heterocycles. The van der Waals surface area contributed by atoms with Crippen LogP contribution in [0.3, 0.4) is 0 Å². The van der Waals surface area contributed by atoms with Crippen LogP contribution in [0.15, 0.2) is 0 Å². The summed E-state index contributed by atoms with van der Waals surface area (Å²) in [5.74, 6) is 0. The minimum atomic E-state index is -1.16. The van der Waals surface area contributed by atoms with E-state index >= 15 is 0 Å². The second kappa shape index (κ2) is 10.7. The fourth-order valence-corrected chi connectivity index (χ4v) is 0.289. The maximum atomic E-state index is 4.82. The van der Waals surface area contributed by atoms with Crippen molar-refractivity contribution in [3.05, 3.63) is 0 Å². The molecular weight excluding hydrogens is 167 g/mol. The van der Waals surface area contributed by atoms with Crippen molar-refractivity contribution >= 4 is 34.1 Å². The maximum Gasteiger partial charge on any atom is 0.317 e. The minimum absolute atomic E-state index is 0. The molecule has 0 aromatic heterocycles. The summed E-state index contributed by atoms with van der Waals surface area (Å²) in [6.45, 7) is 1.97. The van der Waals surface area contributed by atoms with Gasteiger partial charge in [0.1, 0.15) is 0 Å². The van der Waals surface area contributed by atoms with Crippen LogP contribution < -0.4 is 0 Å². The van der Waals surface area contributed by atoms with E-state index in [1.165, 1.54) is 0 Å². The first-order valence-corrected chi connectivity index (χ1v) is 3.96. The molecule has 0 spiro atoms. The Bertz CT molecular complexity index is 34.5. The first-order valence-electron chi connectivity index (χ1n) is 1.87. The van der Waals surface area contributed by atoms with Gasteiger partial charge >= 0.3 is 9.28 Å². The number of rotatable bonds is 2. The third-order valence-electron chi connectivity index (χ3n) is 0.664. The van der Waals surface area contributed by atoms with E-state index in [1.807, 2.05) is 6.55 Å². The molecule has 0 aliphatic carbocycles. The Morgan fingerprint density at radius 1 is 1.00 bits per heavy atom. The normalized spacial score (nSPS) is 7.50. The van der Waals surface area contributed by atoms with Gasteiger partial charge in [0, 0.05) is 14.2 Å². The topological polar surface area (TPSA) is 18.5 Å². The average Bonchev–Trinajstić information content (AvgIpc) is 1.65. The van der Waals surface area contributed by atoms with Crippen LogP contribution in [-0.2, 0) is 8.85 Å². The van der Waals surface area contributed by atoms with Gasteiger partial charge in [-0.2, -0.15) is 0 Å². The minimum Gasteiger partial charge on any atom is -0.400 e. The zero-order valence-electron chi connectivity index (χ0n) is 5.21. The van der Waals surface area contributed by atoms with Crippen LogP contribution in [0, 0.1) is 0 Å². The summed E-state index contributed by atoms with van der Waals surface area (Å²) in [5.41, 5.74) is 0. The van der Waals surface area contributed by atoms with Gasteiger partial charge in [0.15, 0.2) is 0 Å². The van der Waals surface area contributed by atoms with E-state index in [0.717, 1.165) is 0 Å². The molecule has 0 unspecified atom stereocenters. The molecule has 5 heteroatoms. The Labute approximate surface area is 64.2 Å². The zero-order chi connectivity index (χ0) is 4.99. The van der Waals surface area contributed by atoms with Crippen molar-refractivity contribution in [2.24, 2.45) is 0 Å². The van der Waals surface area contributed by atoms with Crippen LogP contribution in [-0.4, -0.2) is 23.5 Å². The summed E-state index contributed by atoms with van der Waals surface area (Å²) >= 11 is 0. The Morgan fingerprint density at radius 2 is 1.25 bits per heavy atom. The summed E-state index contributed by atoms with van der Waals surface area (Å²) < 4.78 is 9.63. The number of hydrogen-bond acceptors (Lipinski definition) is 2. The Morgan fingerprint density at radius 3 is 1.25 bits per heavy atom. The van der Waals surface area contributed by atoms with E-state index in [9.17, 15) is 0 Å². The van der Waals surface area contributed by atoms with Gasteiger partial charge in [0.25, 0.3) is 0 Å². The molecule has 0 N–H and O–H groups in total. The SMILES string of the molecule is CO[SiH](C)OC.Cl.Cl. The lowest BCUT2D eigenvalue weighted by atomic mass is 11.8. The molecule has 0 atom stereocenters. The van der Waals surface area contributed by atoms with Crippen LogP contribution in [0.1, 0.15) is 0 Å². The molecule has 0 amide bonds. The van der Waals surface area contributed by atoms with Gasteiger partial charge in [-0.25, -0.2) is 0 Å². The molecule has 0 bridgehead atoms. The molecule has 0 radical (unpaired) electrons. The molecule has 0 aromatic carbocycles. The second-order valence-electron chi connectivity index (χ2n) is 1.04. The van der Waals surface area contributed by atoms with Crippen molar-refractivity contribution in [3.63, 3.8) is 0 Å². The van der Waals surface area contributed by atoms with E-state index in [-0.39, 0.29) is 24.8 Å². The van der Waals surface area contributed by atoms with Crippen molar-refractivity contribution in [1.29, 1.82) is 0 Å². The Hall–Kier alpha value is 0.717. The molecule has 0 aromatic rings. The number of halogens is 2. The molecule has 8 heavy (non-hydrogen) atoms. The lowest BCUT2D eigenvalue weighted by Gasteiger charge is -2.00. The van der Waals surface area contributed by atoms with Gasteiger partial charge in [-0.15, -0.1) is 24.8 Å². The van der Waals surface area contributed by atoms with E-state index in [4.69, 9.17) is 8.85 Å². The molecular formula is C3H12Cl2O2Si. The van der Waals surface area contributed by atoms with E-state index in [0.29, 0.717) is 0 Å². The monoisotopic (exact) mass is 178 g/mol. The van der Waals surface area contributed by atoms with Crippen molar-refractivity contribution in [3.8, 4) is 0 Å². The van der Waals surface area contributed by atoms with Gasteiger partial charge in [0.2, 0.25) is 0 Å². The lowest BCUT2D eigenvalue weighted by molar-refractivity contribution is 0.285. The van der Waals surface area contributed by atoms with E-state index in [2.05, 4.69) is 0 Å². The predicted octanol–water partition coefficient (Wildman–Crippen LogP) is 0.973. The molecule has 0 aliphatic rings. The molecule has 0 fully saturated rings. The largest absolute Gasteiger partial charge is 0.400 e. The van der Waals surface area contributed by atoms with Gasteiger partial charge in [-0.3, -0.25) is 0 Å². The summed E-state index contributed by atoms with van der Waals surface area (Å²) in [6.07, 6.45) is 0. The predicted molar refractivity (Wildman–Crippen MR) is 41.5 cm³/mol. The quantitative estimate of drug-likeness (QED) is 0.588. The average molecular weight is 179 g/mol. The summed E-state index contributed by atoms with van der Waals surface area (Å²) in [5, 5.41) is 0. The van der Waals surface area contributed by atoms with Crippen LogP contribution in [0.2, 0.25) is 6.55 Å². The highest BCUT2D eigenvalue weighted by Gasteiger charge is 1.94. The van der Waals surface area contributed by atoms with E-state index < -0.39 is 9.28 Å². The lowest BCUT2D eigenvalue weighted by Crippen LogP contribution is -2.12. The Balaban J connectivity index is -0.000000125. The first kappa shape index (κ1) is 15.9. The fourth-order valence-electron chi connectivity index (χ4n) is 0.0962. The van der Waals surface area contributed by atoms with Crippen LogP contribution in [0.4, 0.5) is 0 Å². The smallest absolute Gasteiger partial charge is 0.317 e. The standard InChI is InChI=1S/C3H10O2Si.2ClH/c1-4-6(3)5-2;;/h6H,1-3H3;2*1H. The van der Waals surface area contributed by atoms with Crippen LogP contribution in [0.5, 0.6) is 0 Å². The molecule has 0 saturated carbocycles. The molecule has 0 saturated heterocycles. The number of hydrogen-bond donors (Lipinski definition) is 0. The molecule has 54 valence electrons. The van der Waals surface area contributed by atoms with E-state index in [1.54, 1.807) is 14.2 Å². The fraction of sp³-hybridized carbons (Fsp3) is 1.00. The van der Waals surface area contributed by atoms with Crippen LogP contribution >= 0.6 is 24.8 Å². The van der Waals surface area contributed by atoms with Gasteiger partial charge in [-0.1, -0.05) is 0 Å². The molecule has 0 rings (SSSR count). The Kier molecular flexibility index (Phi) is 21.1. The van der Waals surface area contributed by atoms with Gasteiger partial charge in [0.05, 0.1) is 0 Å². The highest BCUT2D eigenvalue weighted by atomic mass is 35.5. The summed E-state index contributed by atoms with van der Waals surface area (Å²) in [7, 11) is 2.17. The van der Waals surface area contributed by atoms with Crippen molar-refractivity contribution in [2.45, 2.75) is 6.55 Å². The highest BCUT2D eigenvalue weighted by Crippen LogP contribution is 1.77. The second-order valence-corrected chi connectivity index (χ2v) is 3.12. The van der Waals surface area contributed by atoms with Crippen LogP contribution in [0.25, 0.3) is 0 Å². The van der Waals surface area contributed by atoms with Gasteiger partial charge in [-0.05, 0) is 6.55 Å². The van der Waals surface area contributed by atoms with Crippen molar-refractivity contribution < 1.29 is 8.85 Å². The summed E-state index contributed by atoms with van der Waals surface area (Å²) in [6, 6.07) is 0. The zero-order valence-corrected chi connectivity index (χ0v) is 8.00. The third-order valence-corrected chi connectivity index (χ3v) is 1.99. The van der Waals surface area contributed by atoms with Crippen molar-refractivity contribution in [2.75, 3.05) is 14.2 Å². The highest BCUT2D eigenvalue weighted by molar-refractivity contribution is 6.42. The first-order chi connectivity index (χ1) is 2.81. The molecule has 0 aliphatic heterocycles. The van der Waals surface area contributed by atoms with Crippen molar-refractivity contribution in [1.82, 2.24) is 0 Å².